The smallest absolute Gasteiger partial charge is 0.120 e. The van der Waals surface area contributed by atoms with Crippen molar-refractivity contribution in [1.29, 1.82) is 0 Å². The number of aromatic nitrogens is 1. The third-order valence-corrected chi connectivity index (χ3v) is 2.93. The van der Waals surface area contributed by atoms with E-state index < -0.39 is 0 Å². The van der Waals surface area contributed by atoms with Crippen molar-refractivity contribution in [2.45, 2.75) is 26.7 Å². The molecule has 0 saturated carbocycles. The number of fused-ring (bicyclic) bond motifs is 1. The number of nitrogens with zero attached hydrogens (tertiary/aromatic N) is 1. The maximum Gasteiger partial charge on any atom is 0.120 e. The molecular formula is C14H19NO. The van der Waals surface area contributed by atoms with Gasteiger partial charge in [0.2, 0.25) is 0 Å². The second kappa shape index (κ2) is 4.60. The molecule has 0 aliphatic heterocycles. The highest BCUT2D eigenvalue weighted by molar-refractivity contribution is 5.85. The van der Waals surface area contributed by atoms with E-state index in [0.29, 0.717) is 0 Å². The topological polar surface area (TPSA) is 14.2 Å². The minimum atomic E-state index is 0.813. The van der Waals surface area contributed by atoms with Gasteiger partial charge < -0.3 is 9.30 Å². The molecule has 0 bridgehead atoms. The highest BCUT2D eigenvalue weighted by Crippen LogP contribution is 2.24. The molecular weight excluding hydrogens is 198 g/mol. The Kier molecular flexibility index (Phi) is 3.18. The zero-order valence-corrected chi connectivity index (χ0v) is 10.3. The highest BCUT2D eigenvalue weighted by Gasteiger charge is 2.04. The number of ether oxygens (including phenoxy) is 1. The fraction of sp³-hybridized carbons (Fsp3) is 0.429. The average Bonchev–Trinajstić information content (AvgIpc) is 2.55. The summed E-state index contributed by atoms with van der Waals surface area (Å²) in [7, 11) is 2.08. The third-order valence-electron chi connectivity index (χ3n) is 2.93. The summed E-state index contributed by atoms with van der Waals surface area (Å²) in [5.41, 5.74) is 2.57. The Morgan fingerprint density at radius 1 is 1.31 bits per heavy atom. The molecule has 0 fully saturated rings. The maximum atomic E-state index is 5.71. The first kappa shape index (κ1) is 11.1. The lowest BCUT2D eigenvalue weighted by atomic mass is 10.2. The molecule has 2 rings (SSSR count). The quantitative estimate of drug-likeness (QED) is 0.713. The van der Waals surface area contributed by atoms with Crippen molar-refractivity contribution >= 4 is 10.9 Å². The average molecular weight is 217 g/mol. The molecule has 0 amide bonds. The first-order valence-corrected chi connectivity index (χ1v) is 5.91. The predicted molar refractivity (Wildman–Crippen MR) is 68.1 cm³/mol. The van der Waals surface area contributed by atoms with Crippen LogP contribution in [0.4, 0.5) is 0 Å². The SMILES string of the molecule is CCCCOc1ccc2c(c1)c(C)cn2C. The second-order valence-electron chi connectivity index (χ2n) is 4.30. The number of unbranched alkanes of at least 4 members (excludes halogenated alkanes) is 1. The molecule has 0 saturated heterocycles. The Morgan fingerprint density at radius 2 is 2.12 bits per heavy atom. The van der Waals surface area contributed by atoms with Crippen molar-refractivity contribution in [2.24, 2.45) is 7.05 Å². The summed E-state index contributed by atoms with van der Waals surface area (Å²) >= 11 is 0. The summed E-state index contributed by atoms with van der Waals surface area (Å²) in [6.45, 7) is 5.12. The summed E-state index contributed by atoms with van der Waals surface area (Å²) in [4.78, 5) is 0. The van der Waals surface area contributed by atoms with Crippen LogP contribution in [0.3, 0.4) is 0 Å². The van der Waals surface area contributed by atoms with Gasteiger partial charge in [0.25, 0.3) is 0 Å². The van der Waals surface area contributed by atoms with E-state index in [-0.39, 0.29) is 0 Å². The molecule has 0 aliphatic rings. The summed E-state index contributed by atoms with van der Waals surface area (Å²) < 4.78 is 7.86. The van der Waals surface area contributed by atoms with Crippen LogP contribution in [0.15, 0.2) is 24.4 Å². The van der Waals surface area contributed by atoms with Gasteiger partial charge in [-0.3, -0.25) is 0 Å². The number of aryl methyl sites for hydroxylation is 2. The van der Waals surface area contributed by atoms with Gasteiger partial charge in [-0.2, -0.15) is 0 Å². The minimum absolute atomic E-state index is 0.813. The van der Waals surface area contributed by atoms with Crippen LogP contribution in [0, 0.1) is 6.92 Å². The monoisotopic (exact) mass is 217 g/mol. The van der Waals surface area contributed by atoms with E-state index in [2.05, 4.69) is 49.9 Å². The maximum absolute atomic E-state index is 5.71. The fourth-order valence-corrected chi connectivity index (χ4v) is 1.99. The number of rotatable bonds is 4. The molecule has 0 spiro atoms. The Bertz CT molecular complexity index is 485. The summed E-state index contributed by atoms with van der Waals surface area (Å²) in [5, 5.41) is 1.29. The molecule has 1 heterocycles. The molecule has 0 unspecified atom stereocenters. The first-order chi connectivity index (χ1) is 7.72. The van der Waals surface area contributed by atoms with Crippen molar-refractivity contribution < 1.29 is 4.74 Å². The van der Waals surface area contributed by atoms with Crippen molar-refractivity contribution in [1.82, 2.24) is 4.57 Å². The van der Waals surface area contributed by atoms with Crippen molar-refractivity contribution in [3.05, 3.63) is 30.0 Å². The van der Waals surface area contributed by atoms with E-state index in [1.54, 1.807) is 0 Å². The first-order valence-electron chi connectivity index (χ1n) is 5.91. The molecule has 2 nitrogen and oxygen atoms in total. The number of hydrogen-bond donors (Lipinski definition) is 0. The minimum Gasteiger partial charge on any atom is -0.494 e. The summed E-state index contributed by atoms with van der Waals surface area (Å²) in [5.74, 6) is 0.982. The van der Waals surface area contributed by atoms with Crippen molar-refractivity contribution in [3.63, 3.8) is 0 Å². The number of benzene rings is 1. The van der Waals surface area contributed by atoms with Crippen molar-refractivity contribution in [2.75, 3.05) is 6.61 Å². The van der Waals surface area contributed by atoms with E-state index in [1.165, 1.54) is 22.9 Å². The van der Waals surface area contributed by atoms with Crippen LogP contribution < -0.4 is 4.74 Å². The van der Waals surface area contributed by atoms with Gasteiger partial charge in [-0.25, -0.2) is 0 Å². The van der Waals surface area contributed by atoms with Crippen LogP contribution in [0.25, 0.3) is 10.9 Å². The van der Waals surface area contributed by atoms with Gasteiger partial charge in [-0.15, -0.1) is 0 Å². The molecule has 0 radical (unpaired) electrons. The van der Waals surface area contributed by atoms with Gasteiger partial charge in [0, 0.05) is 24.1 Å². The molecule has 0 atom stereocenters. The zero-order chi connectivity index (χ0) is 11.5. The number of hydrogen-bond acceptors (Lipinski definition) is 1. The fourth-order valence-electron chi connectivity index (χ4n) is 1.99. The lowest BCUT2D eigenvalue weighted by Crippen LogP contribution is -1.96. The van der Waals surface area contributed by atoms with E-state index >= 15 is 0 Å². The Balaban J connectivity index is 2.25. The van der Waals surface area contributed by atoms with Crippen LogP contribution in [0.1, 0.15) is 25.3 Å². The predicted octanol–water partition coefficient (Wildman–Crippen LogP) is 3.67. The molecule has 1 aromatic carbocycles. The van der Waals surface area contributed by atoms with Crippen LogP contribution >= 0.6 is 0 Å². The lowest BCUT2D eigenvalue weighted by Gasteiger charge is -2.05. The third kappa shape index (κ3) is 2.06. The highest BCUT2D eigenvalue weighted by atomic mass is 16.5. The normalized spacial score (nSPS) is 10.9. The molecule has 0 aliphatic carbocycles. The lowest BCUT2D eigenvalue weighted by molar-refractivity contribution is 0.310. The van der Waals surface area contributed by atoms with E-state index in [9.17, 15) is 0 Å². The van der Waals surface area contributed by atoms with Crippen LogP contribution in [-0.4, -0.2) is 11.2 Å². The molecule has 16 heavy (non-hydrogen) atoms. The van der Waals surface area contributed by atoms with E-state index in [4.69, 9.17) is 4.74 Å². The van der Waals surface area contributed by atoms with Gasteiger partial charge in [0.1, 0.15) is 5.75 Å². The van der Waals surface area contributed by atoms with Gasteiger partial charge in [0.05, 0.1) is 6.61 Å². The standard InChI is InChI=1S/C14H19NO/c1-4-5-8-16-12-6-7-14-13(9-12)11(2)10-15(14)3/h6-7,9-10H,4-5,8H2,1-3H3. The second-order valence-corrected chi connectivity index (χ2v) is 4.30. The Labute approximate surface area is 96.8 Å². The largest absolute Gasteiger partial charge is 0.494 e. The molecule has 0 N–H and O–H groups in total. The van der Waals surface area contributed by atoms with Gasteiger partial charge in [-0.05, 0) is 37.1 Å². The van der Waals surface area contributed by atoms with Gasteiger partial charge in [0.15, 0.2) is 0 Å². The molecule has 86 valence electrons. The van der Waals surface area contributed by atoms with E-state index in [1.807, 2.05) is 0 Å². The van der Waals surface area contributed by atoms with Crippen molar-refractivity contribution in [3.8, 4) is 5.75 Å². The van der Waals surface area contributed by atoms with Gasteiger partial charge in [-0.1, -0.05) is 13.3 Å². The summed E-state index contributed by atoms with van der Waals surface area (Å²) in [6.07, 6.45) is 4.44. The molecule has 2 aromatic rings. The Morgan fingerprint density at radius 3 is 2.88 bits per heavy atom. The van der Waals surface area contributed by atoms with Crippen LogP contribution in [0.5, 0.6) is 5.75 Å². The summed E-state index contributed by atoms with van der Waals surface area (Å²) in [6, 6.07) is 6.32. The Hall–Kier alpha value is -1.44. The zero-order valence-electron chi connectivity index (χ0n) is 10.3. The van der Waals surface area contributed by atoms with Gasteiger partial charge >= 0.3 is 0 Å². The van der Waals surface area contributed by atoms with E-state index in [0.717, 1.165) is 18.8 Å². The molecule has 2 heteroatoms. The molecule has 1 aromatic heterocycles. The van der Waals surface area contributed by atoms with Crippen LogP contribution in [0.2, 0.25) is 0 Å². The van der Waals surface area contributed by atoms with Crippen LogP contribution in [-0.2, 0) is 7.05 Å².